The molecule has 1 saturated carbocycles. The van der Waals surface area contributed by atoms with E-state index in [-0.39, 0.29) is 5.91 Å². The molecule has 17 heavy (non-hydrogen) atoms. The van der Waals surface area contributed by atoms with Crippen LogP contribution in [0.1, 0.15) is 39.5 Å². The summed E-state index contributed by atoms with van der Waals surface area (Å²) in [7, 11) is 3.89. The van der Waals surface area contributed by atoms with E-state index in [1.807, 2.05) is 6.92 Å². The first-order chi connectivity index (χ1) is 7.89. The first-order valence-corrected chi connectivity index (χ1v) is 6.58. The van der Waals surface area contributed by atoms with Gasteiger partial charge in [0.05, 0.1) is 0 Å². The first kappa shape index (κ1) is 14.5. The third-order valence-corrected chi connectivity index (χ3v) is 4.27. The summed E-state index contributed by atoms with van der Waals surface area (Å²) in [6.45, 7) is 4.87. The quantitative estimate of drug-likeness (QED) is 0.754. The van der Waals surface area contributed by atoms with Crippen molar-refractivity contribution >= 4 is 5.91 Å². The molecule has 0 aromatic carbocycles. The highest BCUT2D eigenvalue weighted by Crippen LogP contribution is 2.27. The topological polar surface area (TPSA) is 58.4 Å². The normalized spacial score (nSPS) is 29.0. The number of carbonyl (C=O) groups excluding carboxylic acids is 1. The lowest BCUT2D eigenvalue weighted by Gasteiger charge is -2.38. The smallest absolute Gasteiger partial charge is 0.238 e. The molecule has 0 radical (unpaired) electrons. The van der Waals surface area contributed by atoms with Gasteiger partial charge in [-0.25, -0.2) is 0 Å². The van der Waals surface area contributed by atoms with Gasteiger partial charge in [-0.3, -0.25) is 4.79 Å². The van der Waals surface area contributed by atoms with Gasteiger partial charge in [0.2, 0.25) is 5.91 Å². The number of nitrogens with two attached hydrogens (primary N) is 1. The number of nitrogens with zero attached hydrogens (tertiary/aromatic N) is 1. The Labute approximate surface area is 105 Å². The highest BCUT2D eigenvalue weighted by atomic mass is 16.1. The van der Waals surface area contributed by atoms with Crippen molar-refractivity contribution in [3.8, 4) is 0 Å². The third kappa shape index (κ3) is 3.68. The summed E-state index contributed by atoms with van der Waals surface area (Å²) in [5, 5.41) is 3.04. The molecule has 1 atom stereocenters. The molecule has 100 valence electrons. The Morgan fingerprint density at radius 3 is 2.35 bits per heavy atom. The van der Waals surface area contributed by atoms with E-state index >= 15 is 0 Å². The van der Waals surface area contributed by atoms with Gasteiger partial charge in [-0.15, -0.1) is 0 Å². The summed E-state index contributed by atoms with van der Waals surface area (Å²) in [6.07, 6.45) is 5.05. The standard InChI is InChI=1S/C13H27N3O/c1-10-5-7-11(8-6-10)16(4)9-13(2,15-3)12(14)17/h10-11,15H,5-9H2,1-4H3,(H2,14,17). The van der Waals surface area contributed by atoms with Gasteiger partial charge < -0.3 is 16.0 Å². The van der Waals surface area contributed by atoms with Crippen molar-refractivity contribution in [1.29, 1.82) is 0 Å². The number of nitrogens with one attached hydrogen (secondary N) is 1. The monoisotopic (exact) mass is 241 g/mol. The summed E-state index contributed by atoms with van der Waals surface area (Å²) in [5.74, 6) is 0.572. The second-order valence-electron chi connectivity index (χ2n) is 5.78. The SMILES string of the molecule is CNC(C)(CN(C)C1CCC(C)CC1)C(N)=O. The van der Waals surface area contributed by atoms with Gasteiger partial charge in [-0.2, -0.15) is 0 Å². The molecule has 3 N–H and O–H groups in total. The Balaban J connectivity index is 2.53. The molecule has 0 bridgehead atoms. The maximum Gasteiger partial charge on any atom is 0.238 e. The first-order valence-electron chi connectivity index (χ1n) is 6.58. The van der Waals surface area contributed by atoms with E-state index in [4.69, 9.17) is 5.73 Å². The molecule has 1 aliphatic carbocycles. The highest BCUT2D eigenvalue weighted by Gasteiger charge is 2.33. The fourth-order valence-electron chi connectivity index (χ4n) is 2.59. The van der Waals surface area contributed by atoms with Gasteiger partial charge >= 0.3 is 0 Å². The van der Waals surface area contributed by atoms with Crippen LogP contribution in [0.15, 0.2) is 0 Å². The van der Waals surface area contributed by atoms with Gasteiger partial charge in [-0.05, 0) is 52.6 Å². The lowest BCUT2D eigenvalue weighted by Crippen LogP contribution is -2.59. The van der Waals surface area contributed by atoms with Gasteiger partial charge in [0.25, 0.3) is 0 Å². The van der Waals surface area contributed by atoms with Crippen LogP contribution >= 0.6 is 0 Å². The van der Waals surface area contributed by atoms with Gasteiger partial charge in [0.15, 0.2) is 0 Å². The largest absolute Gasteiger partial charge is 0.368 e. The highest BCUT2D eigenvalue weighted by molar-refractivity contribution is 5.84. The minimum absolute atomic E-state index is 0.281. The van der Waals surface area contributed by atoms with Crippen molar-refractivity contribution in [3.05, 3.63) is 0 Å². The van der Waals surface area contributed by atoms with Crippen LogP contribution in [-0.4, -0.2) is 43.0 Å². The van der Waals surface area contributed by atoms with Crippen molar-refractivity contribution in [2.45, 2.75) is 51.1 Å². The van der Waals surface area contributed by atoms with Crippen molar-refractivity contribution in [2.75, 3.05) is 20.6 Å². The summed E-state index contributed by atoms with van der Waals surface area (Å²) >= 11 is 0. The number of hydrogen-bond donors (Lipinski definition) is 2. The fraction of sp³-hybridized carbons (Fsp3) is 0.923. The lowest BCUT2D eigenvalue weighted by atomic mass is 9.86. The van der Waals surface area contributed by atoms with Gasteiger partial charge in [0, 0.05) is 12.6 Å². The molecule has 1 amide bonds. The predicted molar refractivity (Wildman–Crippen MR) is 70.7 cm³/mol. The molecular formula is C13H27N3O. The number of carbonyl (C=O) groups is 1. The summed E-state index contributed by atoms with van der Waals surface area (Å²) in [4.78, 5) is 13.7. The Morgan fingerprint density at radius 2 is 1.94 bits per heavy atom. The van der Waals surface area contributed by atoms with Crippen LogP contribution < -0.4 is 11.1 Å². The maximum absolute atomic E-state index is 11.5. The number of primary amides is 1. The van der Waals surface area contributed by atoms with E-state index in [1.54, 1.807) is 7.05 Å². The van der Waals surface area contributed by atoms with E-state index in [0.29, 0.717) is 12.6 Å². The molecule has 4 heteroatoms. The molecule has 0 aliphatic heterocycles. The van der Waals surface area contributed by atoms with E-state index in [0.717, 1.165) is 5.92 Å². The van der Waals surface area contributed by atoms with E-state index < -0.39 is 5.54 Å². The Hall–Kier alpha value is -0.610. The lowest BCUT2D eigenvalue weighted by molar-refractivity contribution is -0.124. The van der Waals surface area contributed by atoms with Crippen LogP contribution in [0.25, 0.3) is 0 Å². The minimum Gasteiger partial charge on any atom is -0.368 e. The molecule has 0 aromatic heterocycles. The molecule has 1 rings (SSSR count). The van der Waals surface area contributed by atoms with E-state index in [9.17, 15) is 4.79 Å². The Bertz CT molecular complexity index is 261. The molecule has 1 aliphatic rings. The molecule has 1 unspecified atom stereocenters. The van der Waals surface area contributed by atoms with Crippen molar-refractivity contribution in [2.24, 2.45) is 11.7 Å². The summed E-state index contributed by atoms with van der Waals surface area (Å²) < 4.78 is 0. The van der Waals surface area contributed by atoms with Crippen LogP contribution in [-0.2, 0) is 4.79 Å². The van der Waals surface area contributed by atoms with Crippen LogP contribution in [0.5, 0.6) is 0 Å². The molecule has 0 spiro atoms. The number of hydrogen-bond acceptors (Lipinski definition) is 3. The molecular weight excluding hydrogens is 214 g/mol. The van der Waals surface area contributed by atoms with Gasteiger partial charge in [0.1, 0.15) is 5.54 Å². The summed E-state index contributed by atoms with van der Waals surface area (Å²) in [5.41, 5.74) is 4.83. The minimum atomic E-state index is -0.627. The molecule has 0 heterocycles. The molecule has 1 fully saturated rings. The van der Waals surface area contributed by atoms with E-state index in [1.165, 1.54) is 25.7 Å². The fourth-order valence-corrected chi connectivity index (χ4v) is 2.59. The second-order valence-corrected chi connectivity index (χ2v) is 5.78. The van der Waals surface area contributed by atoms with Crippen LogP contribution in [0.2, 0.25) is 0 Å². The summed E-state index contributed by atoms with van der Waals surface area (Å²) in [6, 6.07) is 0.596. The van der Waals surface area contributed by atoms with Crippen LogP contribution in [0.4, 0.5) is 0 Å². The maximum atomic E-state index is 11.5. The average Bonchev–Trinajstić information content (AvgIpc) is 2.29. The average molecular weight is 241 g/mol. The Kier molecular flexibility index (Phi) is 4.95. The zero-order valence-corrected chi connectivity index (χ0v) is 11.6. The van der Waals surface area contributed by atoms with Crippen molar-refractivity contribution in [1.82, 2.24) is 10.2 Å². The number of rotatable bonds is 5. The van der Waals surface area contributed by atoms with Crippen molar-refractivity contribution in [3.63, 3.8) is 0 Å². The molecule has 4 nitrogen and oxygen atoms in total. The third-order valence-electron chi connectivity index (χ3n) is 4.27. The number of likely N-dealkylation sites (N-methyl/N-ethyl adjacent to an activating group) is 2. The Morgan fingerprint density at radius 1 is 1.41 bits per heavy atom. The van der Waals surface area contributed by atoms with Crippen LogP contribution in [0, 0.1) is 5.92 Å². The van der Waals surface area contributed by atoms with Gasteiger partial charge in [-0.1, -0.05) is 6.92 Å². The molecule has 0 saturated heterocycles. The van der Waals surface area contributed by atoms with Crippen LogP contribution in [0.3, 0.4) is 0 Å². The zero-order valence-electron chi connectivity index (χ0n) is 11.6. The zero-order chi connectivity index (χ0) is 13.1. The van der Waals surface area contributed by atoms with Crippen molar-refractivity contribution < 1.29 is 4.79 Å². The van der Waals surface area contributed by atoms with E-state index in [2.05, 4.69) is 24.2 Å². The predicted octanol–water partition coefficient (Wildman–Crippen LogP) is 0.960. The second kappa shape index (κ2) is 5.83. The number of amides is 1. The molecule has 0 aromatic rings.